The van der Waals surface area contributed by atoms with Crippen LogP contribution in [0.15, 0.2) is 16.7 Å². The van der Waals surface area contributed by atoms with Crippen LogP contribution in [0.25, 0.3) is 11.4 Å². The molecule has 2 aromatic rings. The molecular formula is C18H15F5N4O3. The topological polar surface area (TPSA) is 79.5 Å². The summed E-state index contributed by atoms with van der Waals surface area (Å²) in [5, 5.41) is 3.04. The largest absolute Gasteiger partial charge is 0.471 e. The summed E-state index contributed by atoms with van der Waals surface area (Å²) < 4.78 is 71.3. The highest BCUT2D eigenvalue weighted by Gasteiger charge is 2.42. The second-order valence-electron chi connectivity index (χ2n) is 7.05. The lowest BCUT2D eigenvalue weighted by Gasteiger charge is -2.28. The van der Waals surface area contributed by atoms with Gasteiger partial charge in [0.2, 0.25) is 17.6 Å². The molecule has 0 saturated carbocycles. The van der Waals surface area contributed by atoms with Gasteiger partial charge in [0.25, 0.3) is 0 Å². The molecule has 3 heterocycles. The summed E-state index contributed by atoms with van der Waals surface area (Å²) in [4.78, 5) is 30.6. The van der Waals surface area contributed by atoms with Crippen LogP contribution in [0.2, 0.25) is 0 Å². The second kappa shape index (κ2) is 7.33. The standard InChI is InChI=1S/C18H15F5N4O3/c19-10-8-13(11(20)7-9(10)15-24-17(30-25-15)18(21,22)23)27-12(3-4-14(27)28)16(29)26-5-1-2-6-26/h7-8,12H,1-6H2/t12-/m0/s1. The maximum absolute atomic E-state index is 14.8. The zero-order valence-electron chi connectivity index (χ0n) is 15.4. The number of carbonyl (C=O) groups is 2. The maximum atomic E-state index is 14.8. The molecular weight excluding hydrogens is 415 g/mol. The normalized spacial score (nSPS) is 19.8. The summed E-state index contributed by atoms with van der Waals surface area (Å²) in [5.74, 6) is -5.63. The average molecular weight is 430 g/mol. The number of amides is 2. The zero-order chi connectivity index (χ0) is 21.6. The van der Waals surface area contributed by atoms with Crippen molar-refractivity contribution in [3.63, 3.8) is 0 Å². The van der Waals surface area contributed by atoms with Crippen molar-refractivity contribution in [3.8, 4) is 11.4 Å². The minimum Gasteiger partial charge on any atom is -0.341 e. The molecule has 0 aliphatic carbocycles. The number of likely N-dealkylation sites (tertiary alicyclic amines) is 1. The molecule has 0 unspecified atom stereocenters. The number of anilines is 1. The van der Waals surface area contributed by atoms with E-state index in [0.29, 0.717) is 25.2 Å². The summed E-state index contributed by atoms with van der Waals surface area (Å²) in [6.45, 7) is 1.07. The van der Waals surface area contributed by atoms with Gasteiger partial charge < -0.3 is 9.42 Å². The first kappa shape index (κ1) is 20.2. The molecule has 2 saturated heterocycles. The van der Waals surface area contributed by atoms with Crippen LogP contribution in [0.3, 0.4) is 0 Å². The van der Waals surface area contributed by atoms with Gasteiger partial charge in [-0.1, -0.05) is 5.16 Å². The van der Waals surface area contributed by atoms with Crippen molar-refractivity contribution in [2.45, 2.75) is 37.9 Å². The Bertz CT molecular complexity index is 1000. The predicted molar refractivity (Wildman–Crippen MR) is 91.0 cm³/mol. The van der Waals surface area contributed by atoms with Gasteiger partial charge in [-0.3, -0.25) is 14.5 Å². The summed E-state index contributed by atoms with van der Waals surface area (Å²) in [5.41, 5.74) is -1.12. The highest BCUT2D eigenvalue weighted by Crippen LogP contribution is 2.35. The molecule has 2 aliphatic heterocycles. The van der Waals surface area contributed by atoms with Gasteiger partial charge in [0.1, 0.15) is 17.7 Å². The number of hydrogen-bond donors (Lipinski definition) is 0. The van der Waals surface area contributed by atoms with Crippen molar-refractivity contribution in [1.82, 2.24) is 15.0 Å². The number of hydrogen-bond acceptors (Lipinski definition) is 5. The number of carbonyl (C=O) groups excluding carboxylic acids is 2. The van der Waals surface area contributed by atoms with Crippen molar-refractivity contribution in [2.75, 3.05) is 18.0 Å². The van der Waals surface area contributed by atoms with Crippen LogP contribution in [-0.4, -0.2) is 46.0 Å². The van der Waals surface area contributed by atoms with Crippen LogP contribution < -0.4 is 4.90 Å². The number of rotatable bonds is 3. The third-order valence-corrected chi connectivity index (χ3v) is 5.12. The fourth-order valence-electron chi connectivity index (χ4n) is 3.71. The molecule has 0 bridgehead atoms. The first-order chi connectivity index (χ1) is 14.2. The molecule has 2 amide bonds. The van der Waals surface area contributed by atoms with Crippen molar-refractivity contribution >= 4 is 17.5 Å². The highest BCUT2D eigenvalue weighted by molar-refractivity contribution is 6.04. The van der Waals surface area contributed by atoms with Gasteiger partial charge >= 0.3 is 12.1 Å². The fraction of sp³-hybridized carbons (Fsp3) is 0.444. The Morgan fingerprint density at radius 2 is 1.83 bits per heavy atom. The zero-order valence-corrected chi connectivity index (χ0v) is 15.4. The SMILES string of the molecule is O=C([C@@H]1CCC(=O)N1c1cc(F)c(-c2noc(C(F)(F)F)n2)cc1F)N1CCCC1. The molecule has 2 aliphatic rings. The van der Waals surface area contributed by atoms with Crippen molar-refractivity contribution in [3.05, 3.63) is 29.7 Å². The molecule has 0 spiro atoms. The van der Waals surface area contributed by atoms with Gasteiger partial charge in [0, 0.05) is 25.6 Å². The van der Waals surface area contributed by atoms with Crippen LogP contribution in [-0.2, 0) is 15.8 Å². The quantitative estimate of drug-likeness (QED) is 0.699. The Morgan fingerprint density at radius 1 is 1.13 bits per heavy atom. The molecule has 0 N–H and O–H groups in total. The lowest BCUT2D eigenvalue weighted by molar-refractivity contribution is -0.159. The molecule has 12 heteroatoms. The Kier molecular flexibility index (Phi) is 4.94. The fourth-order valence-corrected chi connectivity index (χ4v) is 3.71. The first-order valence-corrected chi connectivity index (χ1v) is 9.18. The summed E-state index contributed by atoms with van der Waals surface area (Å²) in [6.07, 6.45) is -3.13. The number of nitrogens with zero attached hydrogens (tertiary/aromatic N) is 4. The van der Waals surface area contributed by atoms with Crippen molar-refractivity contribution in [2.24, 2.45) is 0 Å². The van der Waals surface area contributed by atoms with Gasteiger partial charge in [-0.25, -0.2) is 8.78 Å². The van der Waals surface area contributed by atoms with E-state index in [-0.39, 0.29) is 18.7 Å². The van der Waals surface area contributed by atoms with E-state index in [0.717, 1.165) is 17.7 Å². The van der Waals surface area contributed by atoms with E-state index in [9.17, 15) is 31.5 Å². The summed E-state index contributed by atoms with van der Waals surface area (Å²) in [6, 6.07) is 0.276. The third kappa shape index (κ3) is 3.50. The highest BCUT2D eigenvalue weighted by atomic mass is 19.4. The van der Waals surface area contributed by atoms with Gasteiger partial charge in [0.15, 0.2) is 0 Å². The van der Waals surface area contributed by atoms with Crippen LogP contribution in [0, 0.1) is 11.6 Å². The maximum Gasteiger partial charge on any atom is 0.471 e. The smallest absolute Gasteiger partial charge is 0.341 e. The molecule has 1 aromatic carbocycles. The van der Waals surface area contributed by atoms with Crippen LogP contribution in [0.4, 0.5) is 27.6 Å². The van der Waals surface area contributed by atoms with E-state index in [2.05, 4.69) is 14.7 Å². The van der Waals surface area contributed by atoms with Crippen LogP contribution >= 0.6 is 0 Å². The molecule has 160 valence electrons. The summed E-state index contributed by atoms with van der Waals surface area (Å²) >= 11 is 0. The number of alkyl halides is 3. The van der Waals surface area contributed by atoms with Crippen molar-refractivity contribution in [1.29, 1.82) is 0 Å². The van der Waals surface area contributed by atoms with Gasteiger partial charge in [-0.15, -0.1) is 0 Å². The van der Waals surface area contributed by atoms with Crippen LogP contribution in [0.1, 0.15) is 31.6 Å². The first-order valence-electron chi connectivity index (χ1n) is 9.18. The van der Waals surface area contributed by atoms with Crippen molar-refractivity contribution < 1.29 is 36.1 Å². The van der Waals surface area contributed by atoms with E-state index in [1.54, 1.807) is 4.90 Å². The Morgan fingerprint density at radius 3 is 2.47 bits per heavy atom. The van der Waals surface area contributed by atoms with E-state index < -0.39 is 52.7 Å². The number of benzene rings is 1. The lowest BCUT2D eigenvalue weighted by Crippen LogP contribution is -2.46. The van der Waals surface area contributed by atoms with E-state index in [4.69, 9.17) is 0 Å². The Hall–Kier alpha value is -3.05. The molecule has 1 aromatic heterocycles. The lowest BCUT2D eigenvalue weighted by atomic mass is 10.1. The van der Waals surface area contributed by atoms with Crippen LogP contribution in [0.5, 0.6) is 0 Å². The number of halogens is 5. The molecule has 7 nitrogen and oxygen atoms in total. The second-order valence-corrected chi connectivity index (χ2v) is 7.05. The molecule has 1 atom stereocenters. The molecule has 4 rings (SSSR count). The van der Waals surface area contributed by atoms with Gasteiger partial charge in [0.05, 0.1) is 11.3 Å². The van der Waals surface area contributed by atoms with E-state index in [1.165, 1.54) is 0 Å². The Labute approximate surface area is 166 Å². The Balaban J connectivity index is 1.67. The molecule has 0 radical (unpaired) electrons. The summed E-state index contributed by atoms with van der Waals surface area (Å²) in [7, 11) is 0. The van der Waals surface area contributed by atoms with Gasteiger partial charge in [-0.05, 0) is 25.3 Å². The predicted octanol–water partition coefficient (Wildman–Crippen LogP) is 3.15. The molecule has 2 fully saturated rings. The monoisotopic (exact) mass is 430 g/mol. The average Bonchev–Trinajstić information content (AvgIpc) is 3.43. The molecule has 30 heavy (non-hydrogen) atoms. The minimum atomic E-state index is -4.94. The number of aromatic nitrogens is 2. The minimum absolute atomic E-state index is 0.00710. The third-order valence-electron chi connectivity index (χ3n) is 5.12. The van der Waals surface area contributed by atoms with E-state index in [1.807, 2.05) is 0 Å². The van der Waals surface area contributed by atoms with Gasteiger partial charge in [-0.2, -0.15) is 18.2 Å². The van der Waals surface area contributed by atoms with E-state index >= 15 is 0 Å².